The highest BCUT2D eigenvalue weighted by Crippen LogP contribution is 2.43. The van der Waals surface area contributed by atoms with Crippen LogP contribution in [0.25, 0.3) is 0 Å². The molecule has 2 saturated heterocycles. The van der Waals surface area contributed by atoms with Gasteiger partial charge in [-0.3, -0.25) is 19.1 Å². The average molecular weight is 432 g/mol. The molecule has 1 aromatic carbocycles. The molecule has 3 heterocycles. The highest BCUT2D eigenvalue weighted by Gasteiger charge is 2.56. The lowest BCUT2D eigenvalue weighted by molar-refractivity contribution is -0.205. The van der Waals surface area contributed by atoms with Crippen molar-refractivity contribution < 1.29 is 28.5 Å². The molecule has 0 bridgehead atoms. The molecule has 1 aromatic heterocycles. The van der Waals surface area contributed by atoms with Gasteiger partial charge in [0.25, 0.3) is 5.56 Å². The Kier molecular flexibility index (Phi) is 5.91. The number of benzene rings is 1. The van der Waals surface area contributed by atoms with Crippen molar-refractivity contribution in [3.8, 4) is 0 Å². The zero-order valence-corrected chi connectivity index (χ0v) is 17.4. The van der Waals surface area contributed by atoms with Crippen LogP contribution >= 0.6 is 0 Å². The Morgan fingerprint density at radius 3 is 2.58 bits per heavy atom. The number of nitrogens with zero attached hydrogens (tertiary/aromatic N) is 1. The number of hydrogen-bond donors (Lipinski definition) is 1. The molecule has 0 radical (unpaired) electrons. The van der Waals surface area contributed by atoms with Crippen LogP contribution in [0.15, 0.2) is 46.0 Å². The third kappa shape index (κ3) is 4.25. The lowest BCUT2D eigenvalue weighted by Crippen LogP contribution is -2.40. The van der Waals surface area contributed by atoms with Crippen molar-refractivity contribution in [2.45, 2.75) is 44.2 Å². The van der Waals surface area contributed by atoms with Gasteiger partial charge in [-0.15, -0.1) is 0 Å². The molecule has 2 aliphatic heterocycles. The number of methoxy groups -OCH3 is 1. The number of aromatic nitrogens is 2. The van der Waals surface area contributed by atoms with Crippen LogP contribution in [0.1, 0.15) is 36.1 Å². The summed E-state index contributed by atoms with van der Waals surface area (Å²) in [5.74, 6) is -1.41. The van der Waals surface area contributed by atoms with Gasteiger partial charge in [-0.2, -0.15) is 0 Å². The number of aromatic amines is 1. The Bertz CT molecular complexity index is 1060. The van der Waals surface area contributed by atoms with E-state index >= 15 is 0 Å². The Labute approximate surface area is 177 Å². The molecule has 2 fully saturated rings. The molecule has 0 unspecified atom stereocenters. The molecule has 4 rings (SSSR count). The molecule has 4 atom stereocenters. The molecule has 0 spiro atoms. The first kappa shape index (κ1) is 21.6. The van der Waals surface area contributed by atoms with Crippen LogP contribution in [-0.2, 0) is 23.7 Å². The van der Waals surface area contributed by atoms with E-state index < -0.39 is 47.4 Å². The van der Waals surface area contributed by atoms with Gasteiger partial charge in [-0.1, -0.05) is 30.3 Å². The SMILES string of the molecule is COCOC[C@H]1O[C@@H](n2c(C(=O)c3ccccc3)cc(=O)[nH]c2=O)[C@@H]2OC(C)(C)O[C@@H]21. The summed E-state index contributed by atoms with van der Waals surface area (Å²) in [7, 11) is 1.50. The number of carbonyl (C=O) groups excluding carboxylic acids is 1. The quantitative estimate of drug-likeness (QED) is 0.388. The van der Waals surface area contributed by atoms with Gasteiger partial charge in [0.1, 0.15) is 30.8 Å². The smallest absolute Gasteiger partial charge is 0.331 e. The topological polar surface area (TPSA) is 118 Å². The molecular formula is C21H24N2O8. The van der Waals surface area contributed by atoms with Crippen molar-refractivity contribution in [3.05, 3.63) is 68.5 Å². The average Bonchev–Trinajstić information content (AvgIpc) is 3.21. The van der Waals surface area contributed by atoms with Crippen LogP contribution in [0.4, 0.5) is 0 Å². The number of ether oxygens (including phenoxy) is 5. The molecular weight excluding hydrogens is 408 g/mol. The number of fused-ring (bicyclic) bond motifs is 1. The number of nitrogens with one attached hydrogen (secondary N) is 1. The van der Waals surface area contributed by atoms with E-state index in [1.54, 1.807) is 44.2 Å². The highest BCUT2D eigenvalue weighted by atomic mass is 16.8. The first-order chi connectivity index (χ1) is 14.8. The molecule has 31 heavy (non-hydrogen) atoms. The van der Waals surface area contributed by atoms with Gasteiger partial charge in [0.15, 0.2) is 12.0 Å². The van der Waals surface area contributed by atoms with E-state index in [9.17, 15) is 14.4 Å². The Balaban J connectivity index is 1.75. The van der Waals surface area contributed by atoms with Crippen molar-refractivity contribution >= 4 is 5.78 Å². The lowest BCUT2D eigenvalue weighted by atomic mass is 10.1. The number of hydrogen-bond acceptors (Lipinski definition) is 8. The summed E-state index contributed by atoms with van der Waals surface area (Å²) in [5, 5.41) is 0. The molecule has 10 nitrogen and oxygen atoms in total. The maximum Gasteiger partial charge on any atom is 0.331 e. The molecule has 0 amide bonds. The second-order valence-electron chi connectivity index (χ2n) is 7.80. The highest BCUT2D eigenvalue weighted by molar-refractivity contribution is 6.07. The zero-order chi connectivity index (χ0) is 22.2. The number of rotatable bonds is 7. The van der Waals surface area contributed by atoms with E-state index in [1.165, 1.54) is 7.11 Å². The monoisotopic (exact) mass is 432 g/mol. The fraction of sp³-hybridized carbons (Fsp3) is 0.476. The summed E-state index contributed by atoms with van der Waals surface area (Å²) < 4.78 is 29.5. The van der Waals surface area contributed by atoms with Crippen LogP contribution in [-0.4, -0.2) is 59.9 Å². The minimum atomic E-state index is -1.00. The predicted molar refractivity (Wildman–Crippen MR) is 107 cm³/mol. The van der Waals surface area contributed by atoms with Crippen LogP contribution in [0.5, 0.6) is 0 Å². The Morgan fingerprint density at radius 2 is 1.87 bits per heavy atom. The maximum absolute atomic E-state index is 13.2. The van der Waals surface area contributed by atoms with E-state index in [4.69, 9.17) is 23.7 Å². The van der Waals surface area contributed by atoms with Crippen molar-refractivity contribution in [3.63, 3.8) is 0 Å². The zero-order valence-electron chi connectivity index (χ0n) is 17.4. The third-order valence-corrected chi connectivity index (χ3v) is 5.11. The second-order valence-corrected chi connectivity index (χ2v) is 7.80. The van der Waals surface area contributed by atoms with Crippen molar-refractivity contribution in [1.29, 1.82) is 0 Å². The third-order valence-electron chi connectivity index (χ3n) is 5.11. The van der Waals surface area contributed by atoms with Gasteiger partial charge in [-0.05, 0) is 13.8 Å². The van der Waals surface area contributed by atoms with Gasteiger partial charge < -0.3 is 23.7 Å². The van der Waals surface area contributed by atoms with Gasteiger partial charge in [-0.25, -0.2) is 4.79 Å². The van der Waals surface area contributed by atoms with Crippen LogP contribution in [0.3, 0.4) is 0 Å². The number of ketones is 1. The summed E-state index contributed by atoms with van der Waals surface area (Å²) in [6.45, 7) is 3.69. The van der Waals surface area contributed by atoms with E-state index in [0.717, 1.165) is 10.6 Å². The minimum Gasteiger partial charge on any atom is -0.359 e. The van der Waals surface area contributed by atoms with Gasteiger partial charge in [0.05, 0.1) is 6.61 Å². The molecule has 0 saturated carbocycles. The Hall–Kier alpha value is -2.63. The standard InChI is InChI=1S/C21H24N2O8/c1-21(2)30-17-14(10-28-11-27-3)29-19(18(17)31-21)23-13(9-15(24)22-20(23)26)16(25)12-7-5-4-6-8-12/h4-9,14,17-19H,10-11H2,1-3H3,(H,22,24,26)/t14-,17-,18-,19-/m1/s1. The Morgan fingerprint density at radius 1 is 1.16 bits per heavy atom. The molecule has 166 valence electrons. The maximum atomic E-state index is 13.2. The van der Waals surface area contributed by atoms with Crippen LogP contribution < -0.4 is 11.2 Å². The molecule has 0 aliphatic carbocycles. The van der Waals surface area contributed by atoms with Gasteiger partial charge in [0.2, 0.25) is 5.78 Å². The fourth-order valence-corrected chi connectivity index (χ4v) is 3.92. The summed E-state index contributed by atoms with van der Waals surface area (Å²) in [6.07, 6.45) is -2.83. The largest absolute Gasteiger partial charge is 0.359 e. The summed E-state index contributed by atoms with van der Waals surface area (Å²) in [5.41, 5.74) is -1.23. The number of carbonyl (C=O) groups is 1. The van der Waals surface area contributed by atoms with Crippen molar-refractivity contribution in [1.82, 2.24) is 9.55 Å². The molecule has 10 heteroatoms. The minimum absolute atomic E-state index is 0.0580. The molecule has 2 aromatic rings. The van der Waals surface area contributed by atoms with E-state index in [0.29, 0.717) is 5.56 Å². The second kappa shape index (κ2) is 8.48. The predicted octanol–water partition coefficient (Wildman–Crippen LogP) is 0.806. The van der Waals surface area contributed by atoms with Crippen molar-refractivity contribution in [2.24, 2.45) is 0 Å². The van der Waals surface area contributed by atoms with E-state index in [1.807, 2.05) is 0 Å². The summed E-state index contributed by atoms with van der Waals surface area (Å²) >= 11 is 0. The summed E-state index contributed by atoms with van der Waals surface area (Å²) in [4.78, 5) is 40.2. The van der Waals surface area contributed by atoms with Gasteiger partial charge in [0, 0.05) is 18.7 Å². The molecule has 2 aliphatic rings. The first-order valence-corrected chi connectivity index (χ1v) is 9.84. The normalized spacial score (nSPS) is 26.7. The van der Waals surface area contributed by atoms with E-state index in [2.05, 4.69) is 4.98 Å². The molecule has 1 N–H and O–H groups in total. The van der Waals surface area contributed by atoms with Crippen LogP contribution in [0, 0.1) is 0 Å². The van der Waals surface area contributed by atoms with Crippen molar-refractivity contribution in [2.75, 3.05) is 20.5 Å². The summed E-state index contributed by atoms with van der Waals surface area (Å²) in [6, 6.07) is 9.47. The first-order valence-electron chi connectivity index (χ1n) is 9.84. The van der Waals surface area contributed by atoms with Gasteiger partial charge >= 0.3 is 5.69 Å². The number of H-pyrrole nitrogens is 1. The van der Waals surface area contributed by atoms with Crippen LogP contribution in [0.2, 0.25) is 0 Å². The fourth-order valence-electron chi connectivity index (χ4n) is 3.92. The lowest BCUT2D eigenvalue weighted by Gasteiger charge is -2.26. The van der Waals surface area contributed by atoms with E-state index in [-0.39, 0.29) is 19.1 Å².